The highest BCUT2D eigenvalue weighted by atomic mass is 15.2. The number of benzene rings is 2. The number of hydrogen-bond donors (Lipinski definition) is 0. The Labute approximate surface area is 119 Å². The van der Waals surface area contributed by atoms with Crippen molar-refractivity contribution in [2.75, 3.05) is 4.90 Å². The minimum atomic E-state index is 0.343. The predicted molar refractivity (Wildman–Crippen MR) is 85.5 cm³/mol. The fraction of sp³-hybridized carbons (Fsp3) is 0.167. The molecule has 0 atom stereocenters. The molecule has 1 aromatic heterocycles. The lowest BCUT2D eigenvalue weighted by molar-refractivity contribution is 0.780. The Balaban J connectivity index is 2.21. The normalized spacial score (nSPS) is 10.9. The Hall–Kier alpha value is -2.35. The molecule has 0 unspecified atom stereocenters. The molecule has 0 aliphatic heterocycles. The summed E-state index contributed by atoms with van der Waals surface area (Å²) < 4.78 is 0. The number of fused-ring (bicyclic) bond motifs is 1. The van der Waals surface area contributed by atoms with Gasteiger partial charge in [0.25, 0.3) is 0 Å². The molecule has 1 heterocycles. The van der Waals surface area contributed by atoms with Crippen LogP contribution in [0.15, 0.2) is 66.9 Å². The van der Waals surface area contributed by atoms with Crippen LogP contribution in [0.4, 0.5) is 11.5 Å². The summed E-state index contributed by atoms with van der Waals surface area (Å²) in [4.78, 5) is 6.79. The molecule has 0 saturated heterocycles. The Morgan fingerprint density at radius 3 is 2.35 bits per heavy atom. The molecule has 2 aromatic carbocycles. The van der Waals surface area contributed by atoms with Gasteiger partial charge in [0.15, 0.2) is 0 Å². The van der Waals surface area contributed by atoms with Crippen LogP contribution in [0.1, 0.15) is 13.8 Å². The van der Waals surface area contributed by atoms with Crippen molar-refractivity contribution in [2.24, 2.45) is 0 Å². The number of aromatic nitrogens is 1. The molecular weight excluding hydrogens is 244 g/mol. The SMILES string of the molecule is CC(C)N(c1ccccn1)c1cccc2ccccc12. The number of pyridine rings is 1. The van der Waals surface area contributed by atoms with Crippen molar-refractivity contribution in [2.45, 2.75) is 19.9 Å². The van der Waals surface area contributed by atoms with Crippen molar-refractivity contribution in [1.29, 1.82) is 0 Å². The van der Waals surface area contributed by atoms with Crippen LogP contribution in [0.25, 0.3) is 10.8 Å². The molecule has 0 spiro atoms. The van der Waals surface area contributed by atoms with E-state index in [0.717, 1.165) is 5.82 Å². The van der Waals surface area contributed by atoms with Crippen LogP contribution in [0, 0.1) is 0 Å². The monoisotopic (exact) mass is 262 g/mol. The molecule has 2 nitrogen and oxygen atoms in total. The molecule has 3 aromatic rings. The summed E-state index contributed by atoms with van der Waals surface area (Å²) in [5, 5.41) is 2.51. The summed E-state index contributed by atoms with van der Waals surface area (Å²) >= 11 is 0. The zero-order chi connectivity index (χ0) is 13.9. The lowest BCUT2D eigenvalue weighted by Crippen LogP contribution is -2.26. The van der Waals surface area contributed by atoms with Gasteiger partial charge in [0.05, 0.1) is 5.69 Å². The Bertz CT molecular complexity index is 699. The van der Waals surface area contributed by atoms with Crippen molar-refractivity contribution in [1.82, 2.24) is 4.98 Å². The van der Waals surface area contributed by atoms with Gasteiger partial charge in [0.1, 0.15) is 5.82 Å². The zero-order valence-corrected chi connectivity index (χ0v) is 11.8. The van der Waals surface area contributed by atoms with Crippen LogP contribution in [-0.4, -0.2) is 11.0 Å². The van der Waals surface area contributed by atoms with Gasteiger partial charge in [-0.1, -0.05) is 42.5 Å². The molecule has 0 saturated carbocycles. The fourth-order valence-electron chi connectivity index (χ4n) is 2.58. The average molecular weight is 262 g/mol. The van der Waals surface area contributed by atoms with E-state index >= 15 is 0 Å². The first-order valence-electron chi connectivity index (χ1n) is 6.95. The number of anilines is 2. The number of nitrogens with zero attached hydrogens (tertiary/aromatic N) is 2. The van der Waals surface area contributed by atoms with E-state index in [-0.39, 0.29) is 0 Å². The van der Waals surface area contributed by atoms with E-state index in [1.165, 1.54) is 16.5 Å². The maximum atomic E-state index is 4.51. The lowest BCUT2D eigenvalue weighted by atomic mass is 10.1. The molecule has 3 rings (SSSR count). The molecular formula is C18H18N2. The largest absolute Gasteiger partial charge is 0.323 e. The second-order valence-corrected chi connectivity index (χ2v) is 5.15. The molecule has 0 fully saturated rings. The summed E-state index contributed by atoms with van der Waals surface area (Å²) in [7, 11) is 0. The first-order valence-corrected chi connectivity index (χ1v) is 6.95. The molecule has 100 valence electrons. The minimum Gasteiger partial charge on any atom is -0.323 e. The quantitative estimate of drug-likeness (QED) is 0.675. The summed E-state index contributed by atoms with van der Waals surface area (Å²) in [6.45, 7) is 4.38. The third kappa shape index (κ3) is 2.25. The van der Waals surface area contributed by atoms with Crippen molar-refractivity contribution < 1.29 is 0 Å². The highest BCUT2D eigenvalue weighted by molar-refractivity contribution is 5.95. The van der Waals surface area contributed by atoms with Crippen LogP contribution < -0.4 is 4.90 Å². The van der Waals surface area contributed by atoms with Crippen LogP contribution in [0.2, 0.25) is 0 Å². The van der Waals surface area contributed by atoms with Gasteiger partial charge in [-0.2, -0.15) is 0 Å². The average Bonchev–Trinajstić information content (AvgIpc) is 2.48. The van der Waals surface area contributed by atoms with Crippen LogP contribution in [0.3, 0.4) is 0 Å². The van der Waals surface area contributed by atoms with Gasteiger partial charge >= 0.3 is 0 Å². The summed E-state index contributed by atoms with van der Waals surface area (Å²) in [5.41, 5.74) is 1.21. The van der Waals surface area contributed by atoms with Gasteiger partial charge in [-0.05, 0) is 37.4 Å². The highest BCUT2D eigenvalue weighted by Crippen LogP contribution is 2.32. The molecule has 0 bridgehead atoms. The van der Waals surface area contributed by atoms with Gasteiger partial charge < -0.3 is 4.90 Å². The van der Waals surface area contributed by atoms with E-state index in [1.54, 1.807) is 0 Å². The summed E-state index contributed by atoms with van der Waals surface area (Å²) in [5.74, 6) is 0.985. The second-order valence-electron chi connectivity index (χ2n) is 5.15. The second kappa shape index (κ2) is 5.33. The predicted octanol–water partition coefficient (Wildman–Crippen LogP) is 4.78. The zero-order valence-electron chi connectivity index (χ0n) is 11.8. The maximum Gasteiger partial charge on any atom is 0.133 e. The van der Waals surface area contributed by atoms with Crippen LogP contribution >= 0.6 is 0 Å². The molecule has 0 amide bonds. The molecule has 0 radical (unpaired) electrons. The van der Waals surface area contributed by atoms with Crippen LogP contribution in [0.5, 0.6) is 0 Å². The molecule has 0 aliphatic carbocycles. The Morgan fingerprint density at radius 1 is 0.850 bits per heavy atom. The third-order valence-electron chi connectivity index (χ3n) is 3.44. The standard InChI is InChI=1S/C18H18N2/c1-14(2)20(18-12-5-6-13-19-18)17-11-7-9-15-8-3-4-10-16(15)17/h3-14H,1-2H3. The van der Waals surface area contributed by atoms with E-state index in [1.807, 2.05) is 18.3 Å². The van der Waals surface area contributed by atoms with Gasteiger partial charge in [-0.3, -0.25) is 0 Å². The van der Waals surface area contributed by atoms with E-state index in [2.05, 4.69) is 72.3 Å². The van der Waals surface area contributed by atoms with Crippen molar-refractivity contribution in [3.05, 3.63) is 66.9 Å². The van der Waals surface area contributed by atoms with Gasteiger partial charge in [-0.25, -0.2) is 4.98 Å². The van der Waals surface area contributed by atoms with Gasteiger partial charge in [-0.15, -0.1) is 0 Å². The van der Waals surface area contributed by atoms with E-state index < -0.39 is 0 Å². The maximum absolute atomic E-state index is 4.51. The first kappa shape index (κ1) is 12.7. The van der Waals surface area contributed by atoms with Gasteiger partial charge in [0, 0.05) is 17.6 Å². The summed E-state index contributed by atoms with van der Waals surface area (Å²) in [6.07, 6.45) is 1.84. The van der Waals surface area contributed by atoms with Crippen molar-refractivity contribution in [3.63, 3.8) is 0 Å². The smallest absolute Gasteiger partial charge is 0.133 e. The number of rotatable bonds is 3. The van der Waals surface area contributed by atoms with Gasteiger partial charge in [0.2, 0.25) is 0 Å². The number of hydrogen-bond acceptors (Lipinski definition) is 2. The lowest BCUT2D eigenvalue weighted by Gasteiger charge is -2.29. The van der Waals surface area contributed by atoms with E-state index in [9.17, 15) is 0 Å². The van der Waals surface area contributed by atoms with E-state index in [4.69, 9.17) is 0 Å². The molecule has 0 aliphatic rings. The van der Waals surface area contributed by atoms with Crippen molar-refractivity contribution in [3.8, 4) is 0 Å². The Morgan fingerprint density at radius 2 is 1.60 bits per heavy atom. The highest BCUT2D eigenvalue weighted by Gasteiger charge is 2.16. The minimum absolute atomic E-state index is 0.343. The first-order chi connectivity index (χ1) is 9.77. The molecule has 2 heteroatoms. The fourth-order valence-corrected chi connectivity index (χ4v) is 2.58. The summed E-state index contributed by atoms with van der Waals surface area (Å²) in [6, 6.07) is 21.3. The van der Waals surface area contributed by atoms with Crippen LogP contribution in [-0.2, 0) is 0 Å². The molecule has 20 heavy (non-hydrogen) atoms. The topological polar surface area (TPSA) is 16.1 Å². The van der Waals surface area contributed by atoms with E-state index in [0.29, 0.717) is 6.04 Å². The Kier molecular flexibility index (Phi) is 3.38. The third-order valence-corrected chi connectivity index (χ3v) is 3.44. The molecule has 0 N–H and O–H groups in total. The van der Waals surface area contributed by atoms with Crippen molar-refractivity contribution >= 4 is 22.3 Å².